The smallest absolute Gasteiger partial charge is 0.238 e. The Bertz CT molecular complexity index is 815. The van der Waals surface area contributed by atoms with Crippen LogP contribution in [0.1, 0.15) is 16.7 Å². The van der Waals surface area contributed by atoms with Crippen molar-refractivity contribution in [2.75, 3.05) is 7.05 Å². The van der Waals surface area contributed by atoms with E-state index in [1.54, 1.807) is 19.2 Å². The van der Waals surface area contributed by atoms with E-state index < -0.39 is 10.0 Å². The van der Waals surface area contributed by atoms with Crippen molar-refractivity contribution < 1.29 is 8.42 Å². The molecule has 0 radical (unpaired) electrons. The van der Waals surface area contributed by atoms with Crippen LogP contribution in [0.3, 0.4) is 0 Å². The summed E-state index contributed by atoms with van der Waals surface area (Å²) in [4.78, 5) is 4.28. The fraction of sp³-hybridized carbons (Fsp3) is 0.235. The molecule has 0 aliphatic heterocycles. The average molecular weight is 346 g/mol. The van der Waals surface area contributed by atoms with Crippen molar-refractivity contribution in [2.45, 2.75) is 24.9 Å². The molecular formula is C17H22N4O2S. The van der Waals surface area contributed by atoms with Crippen molar-refractivity contribution in [1.29, 1.82) is 0 Å². The maximum absolute atomic E-state index is 11.2. The van der Waals surface area contributed by atoms with Crippen molar-refractivity contribution in [3.8, 4) is 0 Å². The number of hydrogen-bond acceptors (Lipinski definition) is 3. The topological polar surface area (TPSA) is 96.6 Å². The highest BCUT2D eigenvalue weighted by atomic mass is 32.2. The first-order valence-corrected chi connectivity index (χ1v) is 9.05. The summed E-state index contributed by atoms with van der Waals surface area (Å²) in [5, 5.41) is 11.5. The summed E-state index contributed by atoms with van der Waals surface area (Å²) in [6.07, 6.45) is 0. The average Bonchev–Trinajstić information content (AvgIpc) is 2.55. The maximum atomic E-state index is 11.2. The molecule has 128 valence electrons. The molecule has 0 aromatic heterocycles. The molecule has 0 amide bonds. The summed E-state index contributed by atoms with van der Waals surface area (Å²) in [6, 6.07) is 14.7. The van der Waals surface area contributed by atoms with Gasteiger partial charge in [0.1, 0.15) is 0 Å². The summed E-state index contributed by atoms with van der Waals surface area (Å²) in [5.74, 6) is 0.673. The SMILES string of the molecule is CN=C(NCc1ccc(S(N)(=O)=O)cc1)NCc1cccc(C)c1. The number of aryl methyl sites for hydroxylation is 1. The lowest BCUT2D eigenvalue weighted by atomic mass is 10.1. The zero-order chi connectivity index (χ0) is 17.6. The van der Waals surface area contributed by atoms with E-state index in [-0.39, 0.29) is 4.90 Å². The van der Waals surface area contributed by atoms with Gasteiger partial charge in [-0.15, -0.1) is 0 Å². The molecule has 2 aromatic rings. The zero-order valence-corrected chi connectivity index (χ0v) is 14.6. The predicted octanol–water partition coefficient (Wildman–Crippen LogP) is 1.51. The van der Waals surface area contributed by atoms with Gasteiger partial charge in [0.15, 0.2) is 5.96 Å². The van der Waals surface area contributed by atoms with Gasteiger partial charge in [-0.2, -0.15) is 0 Å². The molecule has 2 aromatic carbocycles. The Kier molecular flexibility index (Phi) is 5.94. The first kappa shape index (κ1) is 18.0. The van der Waals surface area contributed by atoms with Crippen molar-refractivity contribution in [3.63, 3.8) is 0 Å². The molecule has 0 saturated carbocycles. The van der Waals surface area contributed by atoms with E-state index in [4.69, 9.17) is 5.14 Å². The Morgan fingerprint density at radius 2 is 1.67 bits per heavy atom. The Balaban J connectivity index is 1.89. The number of primary sulfonamides is 1. The van der Waals surface area contributed by atoms with Crippen LogP contribution < -0.4 is 15.8 Å². The van der Waals surface area contributed by atoms with E-state index in [2.05, 4.69) is 40.7 Å². The summed E-state index contributed by atoms with van der Waals surface area (Å²) in [6.45, 7) is 3.26. The first-order chi connectivity index (χ1) is 11.4. The van der Waals surface area contributed by atoms with Gasteiger partial charge in [0.2, 0.25) is 10.0 Å². The Morgan fingerprint density at radius 3 is 2.21 bits per heavy atom. The second-order valence-electron chi connectivity index (χ2n) is 5.46. The van der Waals surface area contributed by atoms with Crippen LogP contribution in [-0.4, -0.2) is 21.4 Å². The fourth-order valence-corrected chi connectivity index (χ4v) is 2.73. The predicted molar refractivity (Wildman–Crippen MR) is 96.0 cm³/mol. The van der Waals surface area contributed by atoms with Crippen LogP contribution in [0.25, 0.3) is 0 Å². The molecule has 6 nitrogen and oxygen atoms in total. The molecule has 2 rings (SSSR count). The minimum absolute atomic E-state index is 0.105. The second-order valence-corrected chi connectivity index (χ2v) is 7.02. The van der Waals surface area contributed by atoms with Crippen LogP contribution in [0, 0.1) is 6.92 Å². The van der Waals surface area contributed by atoms with Gasteiger partial charge >= 0.3 is 0 Å². The van der Waals surface area contributed by atoms with Gasteiger partial charge in [0.25, 0.3) is 0 Å². The van der Waals surface area contributed by atoms with Crippen molar-refractivity contribution in [3.05, 3.63) is 65.2 Å². The quantitative estimate of drug-likeness (QED) is 0.565. The van der Waals surface area contributed by atoms with Gasteiger partial charge in [0, 0.05) is 20.1 Å². The van der Waals surface area contributed by atoms with Gasteiger partial charge in [-0.1, -0.05) is 42.0 Å². The highest BCUT2D eigenvalue weighted by molar-refractivity contribution is 7.89. The van der Waals surface area contributed by atoms with Gasteiger partial charge in [0.05, 0.1) is 4.90 Å². The van der Waals surface area contributed by atoms with E-state index in [1.807, 2.05) is 6.07 Å². The minimum atomic E-state index is -3.65. The summed E-state index contributed by atoms with van der Waals surface area (Å²) in [7, 11) is -1.95. The van der Waals surface area contributed by atoms with Crippen molar-refractivity contribution in [2.24, 2.45) is 10.1 Å². The van der Waals surface area contributed by atoms with Crippen LogP contribution >= 0.6 is 0 Å². The third kappa shape index (κ3) is 5.36. The van der Waals surface area contributed by atoms with E-state index >= 15 is 0 Å². The Hall–Kier alpha value is -2.38. The summed E-state index contributed by atoms with van der Waals surface area (Å²) >= 11 is 0. The normalized spacial score (nSPS) is 12.0. The van der Waals surface area contributed by atoms with E-state index in [0.717, 1.165) is 5.56 Å². The molecule has 0 heterocycles. The Labute approximate surface area is 142 Å². The number of rotatable bonds is 5. The highest BCUT2D eigenvalue weighted by Gasteiger charge is 2.06. The van der Waals surface area contributed by atoms with Gasteiger partial charge in [-0.05, 0) is 30.2 Å². The number of sulfonamides is 1. The molecule has 0 bridgehead atoms. The lowest BCUT2D eigenvalue weighted by molar-refractivity contribution is 0.597. The third-order valence-corrected chi connectivity index (χ3v) is 4.41. The van der Waals surface area contributed by atoms with E-state index in [0.29, 0.717) is 19.0 Å². The molecule has 7 heteroatoms. The van der Waals surface area contributed by atoms with E-state index in [1.165, 1.54) is 23.3 Å². The largest absolute Gasteiger partial charge is 0.352 e. The van der Waals surface area contributed by atoms with Crippen LogP contribution in [0.4, 0.5) is 0 Å². The number of benzene rings is 2. The van der Waals surface area contributed by atoms with Crippen molar-refractivity contribution in [1.82, 2.24) is 10.6 Å². The summed E-state index contributed by atoms with van der Waals surface area (Å²) < 4.78 is 22.5. The van der Waals surface area contributed by atoms with Gasteiger partial charge < -0.3 is 10.6 Å². The number of nitrogens with one attached hydrogen (secondary N) is 2. The molecule has 0 unspecified atom stereocenters. The minimum Gasteiger partial charge on any atom is -0.352 e. The second kappa shape index (κ2) is 7.94. The third-order valence-electron chi connectivity index (χ3n) is 3.48. The Morgan fingerprint density at radius 1 is 1.04 bits per heavy atom. The molecule has 0 saturated heterocycles. The number of aliphatic imine (C=N–C) groups is 1. The number of guanidine groups is 1. The van der Waals surface area contributed by atoms with Crippen molar-refractivity contribution >= 4 is 16.0 Å². The van der Waals surface area contributed by atoms with Gasteiger partial charge in [-0.3, -0.25) is 4.99 Å². The van der Waals surface area contributed by atoms with Crippen LogP contribution in [0.5, 0.6) is 0 Å². The van der Waals surface area contributed by atoms with Crippen LogP contribution in [-0.2, 0) is 23.1 Å². The molecule has 0 aliphatic carbocycles. The standard InChI is InChI=1S/C17H22N4O2S/c1-13-4-3-5-15(10-13)12-21-17(19-2)20-11-14-6-8-16(9-7-14)24(18,22)23/h3-10H,11-12H2,1-2H3,(H2,18,22,23)(H2,19,20,21). The number of hydrogen-bond donors (Lipinski definition) is 3. The molecule has 0 fully saturated rings. The molecular weight excluding hydrogens is 324 g/mol. The molecule has 24 heavy (non-hydrogen) atoms. The molecule has 0 atom stereocenters. The first-order valence-electron chi connectivity index (χ1n) is 7.50. The lowest BCUT2D eigenvalue weighted by Gasteiger charge is -2.12. The monoisotopic (exact) mass is 346 g/mol. The van der Waals surface area contributed by atoms with Gasteiger partial charge in [-0.25, -0.2) is 13.6 Å². The lowest BCUT2D eigenvalue weighted by Crippen LogP contribution is -2.36. The highest BCUT2D eigenvalue weighted by Crippen LogP contribution is 2.08. The van der Waals surface area contributed by atoms with Crippen LogP contribution in [0.15, 0.2) is 58.4 Å². The van der Waals surface area contributed by atoms with Crippen LogP contribution in [0.2, 0.25) is 0 Å². The molecule has 4 N–H and O–H groups in total. The number of nitrogens with two attached hydrogens (primary N) is 1. The molecule has 0 aliphatic rings. The fourth-order valence-electron chi connectivity index (χ4n) is 2.21. The summed E-state index contributed by atoms with van der Waals surface area (Å²) in [5.41, 5.74) is 3.32. The zero-order valence-electron chi connectivity index (χ0n) is 13.8. The number of nitrogens with zero attached hydrogens (tertiary/aromatic N) is 1. The van der Waals surface area contributed by atoms with E-state index in [9.17, 15) is 8.42 Å². The molecule has 0 spiro atoms. The maximum Gasteiger partial charge on any atom is 0.238 e.